The highest BCUT2D eigenvalue weighted by molar-refractivity contribution is 7.99. The molecule has 0 bridgehead atoms. The van der Waals surface area contributed by atoms with Gasteiger partial charge in [0.05, 0.1) is 0 Å². The van der Waals surface area contributed by atoms with E-state index in [1.165, 1.54) is 17.1 Å². The molecule has 14 heavy (non-hydrogen) atoms. The number of nitrogens with two attached hydrogens (primary N) is 1. The first-order valence-corrected chi connectivity index (χ1v) is 6.38. The topological polar surface area (TPSA) is 26.0 Å². The van der Waals surface area contributed by atoms with E-state index in [1.807, 2.05) is 23.9 Å². The Hall–Kier alpha value is -0.180. The fourth-order valence-electron chi connectivity index (χ4n) is 1.94. The first-order chi connectivity index (χ1) is 6.81. The van der Waals surface area contributed by atoms with Crippen molar-refractivity contribution >= 4 is 23.4 Å². The molecule has 1 aromatic rings. The summed E-state index contributed by atoms with van der Waals surface area (Å²) in [6, 6.07) is 8.17. The quantitative estimate of drug-likeness (QED) is 0.841. The Morgan fingerprint density at radius 1 is 1.43 bits per heavy atom. The molecule has 0 radical (unpaired) electrons. The lowest BCUT2D eigenvalue weighted by atomic mass is 9.89. The zero-order valence-electron chi connectivity index (χ0n) is 7.95. The second-order valence-electron chi connectivity index (χ2n) is 3.69. The van der Waals surface area contributed by atoms with Crippen LogP contribution in [0.5, 0.6) is 0 Å². The molecule has 76 valence electrons. The van der Waals surface area contributed by atoms with Gasteiger partial charge in [-0.3, -0.25) is 0 Å². The Morgan fingerprint density at radius 3 is 3.00 bits per heavy atom. The van der Waals surface area contributed by atoms with E-state index < -0.39 is 0 Å². The maximum atomic E-state index is 5.98. The standard InChI is InChI=1S/C11H14ClNS/c12-10-3-1-2-8(4-10)11-7-14-6-9(11)5-13/h1-4,9,11H,5-7,13H2. The summed E-state index contributed by atoms with van der Waals surface area (Å²) in [7, 11) is 0. The first-order valence-electron chi connectivity index (χ1n) is 4.84. The first kappa shape index (κ1) is 10.3. The van der Waals surface area contributed by atoms with Gasteiger partial charge < -0.3 is 5.73 Å². The molecule has 0 amide bonds. The Kier molecular flexibility index (Phi) is 3.37. The van der Waals surface area contributed by atoms with E-state index in [0.29, 0.717) is 11.8 Å². The van der Waals surface area contributed by atoms with E-state index in [-0.39, 0.29) is 0 Å². The fourth-order valence-corrected chi connectivity index (χ4v) is 3.66. The van der Waals surface area contributed by atoms with Crippen molar-refractivity contribution < 1.29 is 0 Å². The minimum Gasteiger partial charge on any atom is -0.330 e. The molecule has 1 aliphatic heterocycles. The molecular formula is C11H14ClNS. The third kappa shape index (κ3) is 2.08. The molecule has 1 fully saturated rings. The van der Waals surface area contributed by atoms with Crippen molar-refractivity contribution in [2.75, 3.05) is 18.1 Å². The van der Waals surface area contributed by atoms with Gasteiger partial charge in [-0.05, 0) is 41.8 Å². The van der Waals surface area contributed by atoms with Crippen LogP contribution in [0.3, 0.4) is 0 Å². The molecule has 1 nitrogen and oxygen atoms in total. The van der Waals surface area contributed by atoms with Crippen LogP contribution < -0.4 is 5.73 Å². The fraction of sp³-hybridized carbons (Fsp3) is 0.455. The molecule has 1 aliphatic rings. The summed E-state index contributed by atoms with van der Waals surface area (Å²) in [6.07, 6.45) is 0. The minimum atomic E-state index is 0.601. The molecule has 0 aliphatic carbocycles. The molecule has 2 N–H and O–H groups in total. The molecular weight excluding hydrogens is 214 g/mol. The summed E-state index contributed by atoms with van der Waals surface area (Å²) in [5, 5.41) is 0.829. The van der Waals surface area contributed by atoms with E-state index in [0.717, 1.165) is 11.6 Å². The van der Waals surface area contributed by atoms with Crippen molar-refractivity contribution in [2.45, 2.75) is 5.92 Å². The third-order valence-corrected chi connectivity index (χ3v) is 4.27. The van der Waals surface area contributed by atoms with Gasteiger partial charge in [0.1, 0.15) is 0 Å². The highest BCUT2D eigenvalue weighted by Crippen LogP contribution is 2.37. The van der Waals surface area contributed by atoms with Crippen molar-refractivity contribution in [3.05, 3.63) is 34.9 Å². The Balaban J connectivity index is 2.21. The smallest absolute Gasteiger partial charge is 0.0408 e. The van der Waals surface area contributed by atoms with E-state index >= 15 is 0 Å². The minimum absolute atomic E-state index is 0.601. The van der Waals surface area contributed by atoms with Crippen molar-refractivity contribution in [3.8, 4) is 0 Å². The largest absolute Gasteiger partial charge is 0.330 e. The van der Waals surface area contributed by atoms with E-state index in [4.69, 9.17) is 17.3 Å². The monoisotopic (exact) mass is 227 g/mol. The maximum Gasteiger partial charge on any atom is 0.0408 e. The summed E-state index contributed by atoms with van der Waals surface area (Å²) < 4.78 is 0. The van der Waals surface area contributed by atoms with Crippen LogP contribution in [0.4, 0.5) is 0 Å². The number of benzene rings is 1. The van der Waals surface area contributed by atoms with Crippen LogP contribution >= 0.6 is 23.4 Å². The predicted molar refractivity (Wildman–Crippen MR) is 64.1 cm³/mol. The molecule has 1 saturated heterocycles. The average Bonchev–Trinajstić information content (AvgIpc) is 2.65. The van der Waals surface area contributed by atoms with Crippen LogP contribution in [0.1, 0.15) is 11.5 Å². The lowest BCUT2D eigenvalue weighted by Gasteiger charge is -2.17. The maximum absolute atomic E-state index is 5.98. The molecule has 2 unspecified atom stereocenters. The average molecular weight is 228 g/mol. The number of hydrogen-bond acceptors (Lipinski definition) is 2. The zero-order chi connectivity index (χ0) is 9.97. The van der Waals surface area contributed by atoms with Crippen LogP contribution in [0.15, 0.2) is 24.3 Å². The van der Waals surface area contributed by atoms with Gasteiger partial charge in [-0.1, -0.05) is 23.7 Å². The molecule has 1 heterocycles. The van der Waals surface area contributed by atoms with Crippen LogP contribution in [-0.2, 0) is 0 Å². The predicted octanol–water partition coefficient (Wildman–Crippen LogP) is 2.75. The second kappa shape index (κ2) is 4.56. The normalized spacial score (nSPS) is 26.7. The van der Waals surface area contributed by atoms with E-state index in [1.54, 1.807) is 0 Å². The zero-order valence-corrected chi connectivity index (χ0v) is 9.52. The lowest BCUT2D eigenvalue weighted by molar-refractivity contribution is 0.534. The molecule has 0 spiro atoms. The van der Waals surface area contributed by atoms with Crippen LogP contribution in [0, 0.1) is 5.92 Å². The summed E-state index contributed by atoms with van der Waals surface area (Å²) in [4.78, 5) is 0. The Labute approximate surface area is 94.0 Å². The Bertz CT molecular complexity index is 316. The Morgan fingerprint density at radius 2 is 2.29 bits per heavy atom. The highest BCUT2D eigenvalue weighted by Gasteiger charge is 2.27. The van der Waals surface area contributed by atoms with Crippen molar-refractivity contribution in [1.82, 2.24) is 0 Å². The number of thioether (sulfide) groups is 1. The van der Waals surface area contributed by atoms with Crippen LogP contribution in [0.25, 0.3) is 0 Å². The van der Waals surface area contributed by atoms with Crippen molar-refractivity contribution in [1.29, 1.82) is 0 Å². The highest BCUT2D eigenvalue weighted by atomic mass is 35.5. The van der Waals surface area contributed by atoms with Gasteiger partial charge in [0.15, 0.2) is 0 Å². The summed E-state index contributed by atoms with van der Waals surface area (Å²) in [6.45, 7) is 0.782. The molecule has 0 aromatic heterocycles. The SMILES string of the molecule is NCC1CSCC1c1cccc(Cl)c1. The van der Waals surface area contributed by atoms with Crippen molar-refractivity contribution in [2.24, 2.45) is 11.7 Å². The van der Waals surface area contributed by atoms with Gasteiger partial charge in [-0.15, -0.1) is 0 Å². The van der Waals surface area contributed by atoms with Gasteiger partial charge in [0, 0.05) is 10.8 Å². The summed E-state index contributed by atoms with van der Waals surface area (Å²) in [5.74, 6) is 3.60. The van der Waals surface area contributed by atoms with Gasteiger partial charge in [-0.2, -0.15) is 11.8 Å². The third-order valence-electron chi connectivity index (χ3n) is 2.78. The molecule has 1 aromatic carbocycles. The molecule has 0 saturated carbocycles. The van der Waals surface area contributed by atoms with Crippen LogP contribution in [-0.4, -0.2) is 18.1 Å². The van der Waals surface area contributed by atoms with Crippen molar-refractivity contribution in [3.63, 3.8) is 0 Å². The van der Waals surface area contributed by atoms with Gasteiger partial charge in [-0.25, -0.2) is 0 Å². The molecule has 2 rings (SSSR count). The van der Waals surface area contributed by atoms with Gasteiger partial charge in [0.2, 0.25) is 0 Å². The lowest BCUT2D eigenvalue weighted by Crippen LogP contribution is -2.20. The summed E-state index contributed by atoms with van der Waals surface area (Å²) in [5.41, 5.74) is 7.10. The molecule has 3 heteroatoms. The number of halogens is 1. The van der Waals surface area contributed by atoms with E-state index in [2.05, 4.69) is 12.1 Å². The molecule has 2 atom stereocenters. The van der Waals surface area contributed by atoms with Crippen LogP contribution in [0.2, 0.25) is 5.02 Å². The van der Waals surface area contributed by atoms with E-state index in [9.17, 15) is 0 Å². The summed E-state index contributed by atoms with van der Waals surface area (Å²) >= 11 is 7.97. The van der Waals surface area contributed by atoms with Gasteiger partial charge >= 0.3 is 0 Å². The number of rotatable bonds is 2. The number of hydrogen-bond donors (Lipinski definition) is 1. The van der Waals surface area contributed by atoms with Gasteiger partial charge in [0.25, 0.3) is 0 Å². The second-order valence-corrected chi connectivity index (χ2v) is 5.21.